The summed E-state index contributed by atoms with van der Waals surface area (Å²) in [6.45, 7) is 2.68. The van der Waals surface area contributed by atoms with Crippen LogP contribution < -0.4 is 5.73 Å². The monoisotopic (exact) mass is 266 g/mol. The van der Waals surface area contributed by atoms with Gasteiger partial charge in [-0.05, 0) is 18.1 Å². The molecule has 2 N–H and O–H groups in total. The summed E-state index contributed by atoms with van der Waals surface area (Å²) in [5.41, 5.74) is 7.84. The summed E-state index contributed by atoms with van der Waals surface area (Å²) in [5.74, 6) is 0.443. The van der Waals surface area contributed by atoms with Crippen molar-refractivity contribution in [3.63, 3.8) is 0 Å². The molecule has 0 atom stereocenters. The van der Waals surface area contributed by atoms with Gasteiger partial charge < -0.3 is 5.73 Å². The SMILES string of the molecule is Cc1cccc(Cn2ncc(N)n2)c1Br. The summed E-state index contributed by atoms with van der Waals surface area (Å²) in [7, 11) is 0. The molecular weight excluding hydrogens is 256 g/mol. The van der Waals surface area contributed by atoms with E-state index in [1.54, 1.807) is 11.0 Å². The Kier molecular flexibility index (Phi) is 2.73. The Morgan fingerprint density at radius 3 is 2.93 bits per heavy atom. The van der Waals surface area contributed by atoms with Gasteiger partial charge in [0.05, 0.1) is 12.7 Å². The van der Waals surface area contributed by atoms with Gasteiger partial charge in [0.25, 0.3) is 0 Å². The van der Waals surface area contributed by atoms with Crippen LogP contribution in [0.15, 0.2) is 28.9 Å². The molecule has 0 bridgehead atoms. The van der Waals surface area contributed by atoms with E-state index in [2.05, 4.69) is 39.1 Å². The molecule has 0 radical (unpaired) electrons. The van der Waals surface area contributed by atoms with E-state index < -0.39 is 0 Å². The molecule has 1 aromatic carbocycles. The highest BCUT2D eigenvalue weighted by Crippen LogP contribution is 2.21. The Labute approximate surface area is 96.2 Å². The minimum atomic E-state index is 0.443. The third kappa shape index (κ3) is 2.18. The van der Waals surface area contributed by atoms with Gasteiger partial charge in [0.1, 0.15) is 0 Å². The van der Waals surface area contributed by atoms with E-state index in [-0.39, 0.29) is 0 Å². The maximum atomic E-state index is 5.49. The number of anilines is 1. The maximum Gasteiger partial charge on any atom is 0.165 e. The number of hydrogen-bond donors (Lipinski definition) is 1. The van der Waals surface area contributed by atoms with E-state index in [1.165, 1.54) is 5.56 Å². The molecule has 2 rings (SSSR count). The van der Waals surface area contributed by atoms with E-state index in [0.29, 0.717) is 12.4 Å². The van der Waals surface area contributed by atoms with Crippen molar-refractivity contribution in [2.24, 2.45) is 0 Å². The van der Waals surface area contributed by atoms with Crippen LogP contribution in [-0.4, -0.2) is 15.0 Å². The van der Waals surface area contributed by atoms with Gasteiger partial charge >= 0.3 is 0 Å². The molecule has 0 spiro atoms. The van der Waals surface area contributed by atoms with Crippen LogP contribution in [0.25, 0.3) is 0 Å². The van der Waals surface area contributed by atoms with Gasteiger partial charge in [0.15, 0.2) is 5.82 Å². The second kappa shape index (κ2) is 4.02. The summed E-state index contributed by atoms with van der Waals surface area (Å²) < 4.78 is 1.10. The number of benzene rings is 1. The molecule has 5 heteroatoms. The molecule has 0 saturated carbocycles. The lowest BCUT2D eigenvalue weighted by Gasteiger charge is -2.05. The van der Waals surface area contributed by atoms with Gasteiger partial charge in [-0.15, -0.1) is 5.10 Å². The first-order valence-electron chi connectivity index (χ1n) is 4.56. The number of halogens is 1. The fourth-order valence-corrected chi connectivity index (χ4v) is 1.76. The molecule has 15 heavy (non-hydrogen) atoms. The van der Waals surface area contributed by atoms with Crippen LogP contribution in [0.2, 0.25) is 0 Å². The Morgan fingerprint density at radius 1 is 1.47 bits per heavy atom. The summed E-state index contributed by atoms with van der Waals surface area (Å²) in [6, 6.07) is 6.11. The number of nitrogens with zero attached hydrogens (tertiary/aromatic N) is 3. The maximum absolute atomic E-state index is 5.49. The van der Waals surface area contributed by atoms with Gasteiger partial charge in [-0.2, -0.15) is 9.90 Å². The van der Waals surface area contributed by atoms with E-state index in [9.17, 15) is 0 Å². The van der Waals surface area contributed by atoms with Crippen molar-refractivity contribution < 1.29 is 0 Å². The van der Waals surface area contributed by atoms with Crippen LogP contribution in [0.5, 0.6) is 0 Å². The Hall–Kier alpha value is -1.36. The van der Waals surface area contributed by atoms with Crippen LogP contribution in [0, 0.1) is 6.92 Å². The van der Waals surface area contributed by atoms with Crippen LogP contribution in [0.1, 0.15) is 11.1 Å². The molecule has 0 aliphatic rings. The van der Waals surface area contributed by atoms with Crippen molar-refractivity contribution in [2.45, 2.75) is 13.5 Å². The molecule has 1 aromatic heterocycles. The predicted octanol–water partition coefficient (Wildman–Crippen LogP) is 1.98. The Morgan fingerprint density at radius 2 is 2.27 bits per heavy atom. The molecular formula is C10H11BrN4. The molecule has 0 unspecified atom stereocenters. The second-order valence-electron chi connectivity index (χ2n) is 3.35. The number of aromatic nitrogens is 3. The Bertz CT molecular complexity index is 478. The largest absolute Gasteiger partial charge is 0.381 e. The summed E-state index contributed by atoms with van der Waals surface area (Å²) in [5, 5.41) is 8.08. The van der Waals surface area contributed by atoms with Crippen molar-refractivity contribution in [1.29, 1.82) is 0 Å². The van der Waals surface area contributed by atoms with Crippen molar-refractivity contribution >= 4 is 21.7 Å². The first kappa shape index (κ1) is 10.2. The average molecular weight is 267 g/mol. The van der Waals surface area contributed by atoms with Crippen LogP contribution in [0.4, 0.5) is 5.82 Å². The second-order valence-corrected chi connectivity index (χ2v) is 4.14. The average Bonchev–Trinajstić information content (AvgIpc) is 2.59. The van der Waals surface area contributed by atoms with E-state index in [1.807, 2.05) is 12.1 Å². The first-order valence-corrected chi connectivity index (χ1v) is 5.35. The molecule has 0 amide bonds. The number of nitrogens with two attached hydrogens (primary N) is 1. The van der Waals surface area contributed by atoms with Gasteiger partial charge in [-0.3, -0.25) is 0 Å². The first-order chi connectivity index (χ1) is 7.16. The van der Waals surface area contributed by atoms with Gasteiger partial charge in [-0.1, -0.05) is 34.1 Å². The minimum absolute atomic E-state index is 0.443. The lowest BCUT2D eigenvalue weighted by Crippen LogP contribution is -2.05. The molecule has 78 valence electrons. The van der Waals surface area contributed by atoms with Gasteiger partial charge in [0, 0.05) is 4.47 Å². The predicted molar refractivity (Wildman–Crippen MR) is 62.4 cm³/mol. The Balaban J connectivity index is 2.28. The highest BCUT2D eigenvalue weighted by Gasteiger charge is 2.04. The number of rotatable bonds is 2. The third-order valence-electron chi connectivity index (χ3n) is 2.14. The minimum Gasteiger partial charge on any atom is -0.381 e. The molecule has 0 saturated heterocycles. The molecule has 4 nitrogen and oxygen atoms in total. The van der Waals surface area contributed by atoms with Crippen molar-refractivity contribution in [3.05, 3.63) is 40.0 Å². The standard InChI is InChI=1S/C10H11BrN4/c1-7-3-2-4-8(10(7)11)6-15-13-5-9(12)14-15/h2-5H,6H2,1H3,(H2,12,14). The van der Waals surface area contributed by atoms with Crippen LogP contribution >= 0.6 is 15.9 Å². The van der Waals surface area contributed by atoms with Gasteiger partial charge in [0.2, 0.25) is 0 Å². The fourth-order valence-electron chi connectivity index (χ4n) is 1.37. The summed E-state index contributed by atoms with van der Waals surface area (Å²) in [4.78, 5) is 1.58. The molecule has 0 aliphatic carbocycles. The topological polar surface area (TPSA) is 56.7 Å². The number of aryl methyl sites for hydroxylation is 1. The lowest BCUT2D eigenvalue weighted by molar-refractivity contribution is 0.591. The lowest BCUT2D eigenvalue weighted by atomic mass is 10.1. The smallest absolute Gasteiger partial charge is 0.165 e. The third-order valence-corrected chi connectivity index (χ3v) is 3.27. The normalized spacial score (nSPS) is 10.5. The molecule has 0 aliphatic heterocycles. The molecule has 0 fully saturated rings. The zero-order valence-corrected chi connectivity index (χ0v) is 9.90. The van der Waals surface area contributed by atoms with E-state index in [0.717, 1.165) is 10.0 Å². The zero-order valence-electron chi connectivity index (χ0n) is 8.31. The number of hydrogen-bond acceptors (Lipinski definition) is 3. The quantitative estimate of drug-likeness (QED) is 0.905. The highest BCUT2D eigenvalue weighted by molar-refractivity contribution is 9.10. The van der Waals surface area contributed by atoms with Gasteiger partial charge in [-0.25, -0.2) is 0 Å². The van der Waals surface area contributed by atoms with Crippen LogP contribution in [0.3, 0.4) is 0 Å². The van der Waals surface area contributed by atoms with E-state index in [4.69, 9.17) is 5.73 Å². The van der Waals surface area contributed by atoms with Crippen molar-refractivity contribution in [1.82, 2.24) is 15.0 Å². The number of nitrogen functional groups attached to an aromatic ring is 1. The zero-order chi connectivity index (χ0) is 10.8. The van der Waals surface area contributed by atoms with Crippen LogP contribution in [-0.2, 0) is 6.54 Å². The van der Waals surface area contributed by atoms with Crippen molar-refractivity contribution in [3.8, 4) is 0 Å². The van der Waals surface area contributed by atoms with E-state index >= 15 is 0 Å². The summed E-state index contributed by atoms with van der Waals surface area (Å²) >= 11 is 3.54. The molecule has 2 aromatic rings. The summed E-state index contributed by atoms with van der Waals surface area (Å²) in [6.07, 6.45) is 1.55. The fraction of sp³-hybridized carbons (Fsp3) is 0.200. The van der Waals surface area contributed by atoms with Crippen molar-refractivity contribution in [2.75, 3.05) is 5.73 Å². The highest BCUT2D eigenvalue weighted by atomic mass is 79.9. The molecule has 1 heterocycles.